The maximum atomic E-state index is 5.28. The lowest BCUT2D eigenvalue weighted by Crippen LogP contribution is -2.38. The molecule has 6 nitrogen and oxygen atoms in total. The number of aliphatic imine (C=N–C) groups is 1. The monoisotopic (exact) mass is 389 g/mol. The zero-order valence-corrected chi connectivity index (χ0v) is 17.4. The molecule has 1 aromatic carbocycles. The summed E-state index contributed by atoms with van der Waals surface area (Å²) in [5.74, 6) is 3.43. The van der Waals surface area contributed by atoms with E-state index < -0.39 is 0 Å². The molecular weight excluding hydrogens is 358 g/mol. The Morgan fingerprint density at radius 1 is 1.15 bits per heavy atom. The second-order valence-electron chi connectivity index (χ2n) is 6.20. The molecule has 0 unspecified atom stereocenters. The number of thioether (sulfide) groups is 1. The van der Waals surface area contributed by atoms with E-state index in [1.807, 2.05) is 30.8 Å². The Balaban J connectivity index is 1.79. The lowest BCUT2D eigenvalue weighted by atomic mass is 10.1. The second kappa shape index (κ2) is 12.4. The van der Waals surface area contributed by atoms with Crippen LogP contribution < -0.4 is 10.6 Å². The Labute approximate surface area is 166 Å². The number of nitrogens with one attached hydrogen (secondary N) is 2. The van der Waals surface area contributed by atoms with Crippen LogP contribution in [0.25, 0.3) is 11.5 Å². The zero-order chi connectivity index (χ0) is 19.3. The molecule has 0 atom stereocenters. The summed E-state index contributed by atoms with van der Waals surface area (Å²) in [6.07, 6.45) is 6.21. The average molecular weight is 390 g/mol. The minimum Gasteiger partial charge on any atom is -0.357 e. The minimum atomic E-state index is 0.583. The van der Waals surface area contributed by atoms with Crippen LogP contribution in [0.1, 0.15) is 38.1 Å². The topological polar surface area (TPSA) is 75.3 Å². The van der Waals surface area contributed by atoms with E-state index in [1.165, 1.54) is 17.7 Å². The van der Waals surface area contributed by atoms with Crippen molar-refractivity contribution >= 4 is 17.7 Å². The molecule has 148 valence electrons. The standard InChI is InChI=1S/C20H31N5OS/c1-4-18-24-19(26-25-18)17-10-8-16(9-11-17)12-14-23-20(21-5-2)22-13-6-7-15-27-3/h8-11H,4-7,12-15H2,1-3H3,(H2,21,22,23). The van der Waals surface area contributed by atoms with Crippen molar-refractivity contribution in [3.05, 3.63) is 35.7 Å². The summed E-state index contributed by atoms with van der Waals surface area (Å²) >= 11 is 1.89. The first-order chi connectivity index (χ1) is 13.3. The number of guanidine groups is 1. The second-order valence-corrected chi connectivity index (χ2v) is 7.19. The predicted octanol–water partition coefficient (Wildman–Crippen LogP) is 3.54. The molecule has 0 saturated carbocycles. The van der Waals surface area contributed by atoms with Crippen LogP contribution in [0.4, 0.5) is 0 Å². The third kappa shape index (κ3) is 7.62. The van der Waals surface area contributed by atoms with Crippen LogP contribution in [0.15, 0.2) is 33.8 Å². The van der Waals surface area contributed by atoms with Crippen LogP contribution in [0.3, 0.4) is 0 Å². The van der Waals surface area contributed by atoms with E-state index >= 15 is 0 Å². The van der Waals surface area contributed by atoms with Crippen molar-refractivity contribution in [1.29, 1.82) is 0 Å². The normalized spacial score (nSPS) is 11.6. The average Bonchev–Trinajstić information content (AvgIpc) is 3.17. The summed E-state index contributed by atoms with van der Waals surface area (Å²) in [5, 5.41) is 10.7. The first kappa shape index (κ1) is 21.3. The van der Waals surface area contributed by atoms with E-state index in [1.54, 1.807) is 0 Å². The first-order valence-corrected chi connectivity index (χ1v) is 11.1. The molecule has 0 amide bonds. The van der Waals surface area contributed by atoms with E-state index in [0.717, 1.165) is 56.2 Å². The van der Waals surface area contributed by atoms with Gasteiger partial charge in [-0.1, -0.05) is 24.2 Å². The molecule has 0 radical (unpaired) electrons. The summed E-state index contributed by atoms with van der Waals surface area (Å²) in [5.41, 5.74) is 2.22. The van der Waals surface area contributed by atoms with E-state index in [0.29, 0.717) is 5.89 Å². The number of hydrogen-bond donors (Lipinski definition) is 2. The van der Waals surface area contributed by atoms with Crippen LogP contribution in [-0.4, -0.2) is 47.7 Å². The highest BCUT2D eigenvalue weighted by Crippen LogP contribution is 2.18. The maximum absolute atomic E-state index is 5.28. The third-order valence-electron chi connectivity index (χ3n) is 4.06. The maximum Gasteiger partial charge on any atom is 0.257 e. The van der Waals surface area contributed by atoms with Gasteiger partial charge in [0.1, 0.15) is 0 Å². The van der Waals surface area contributed by atoms with Crippen LogP contribution in [-0.2, 0) is 12.8 Å². The van der Waals surface area contributed by atoms with E-state index in [2.05, 4.69) is 51.1 Å². The van der Waals surface area contributed by atoms with Gasteiger partial charge in [-0.2, -0.15) is 16.7 Å². The quantitative estimate of drug-likeness (QED) is 0.348. The molecule has 0 aliphatic carbocycles. The summed E-state index contributed by atoms with van der Waals surface area (Å²) in [6, 6.07) is 8.29. The van der Waals surface area contributed by atoms with Crippen LogP contribution in [0.2, 0.25) is 0 Å². The number of hydrogen-bond acceptors (Lipinski definition) is 5. The van der Waals surface area contributed by atoms with Gasteiger partial charge in [-0.05, 0) is 55.9 Å². The van der Waals surface area contributed by atoms with E-state index in [-0.39, 0.29) is 0 Å². The first-order valence-electron chi connectivity index (χ1n) is 9.69. The molecule has 0 spiro atoms. The highest BCUT2D eigenvalue weighted by atomic mass is 32.2. The van der Waals surface area contributed by atoms with Crippen molar-refractivity contribution in [1.82, 2.24) is 20.8 Å². The Morgan fingerprint density at radius 2 is 1.96 bits per heavy atom. The van der Waals surface area contributed by atoms with Gasteiger partial charge in [0.05, 0.1) is 0 Å². The van der Waals surface area contributed by atoms with Crippen LogP contribution in [0.5, 0.6) is 0 Å². The summed E-state index contributed by atoms with van der Waals surface area (Å²) in [6.45, 7) is 6.69. The van der Waals surface area contributed by atoms with Crippen LogP contribution in [0, 0.1) is 0 Å². The summed E-state index contributed by atoms with van der Waals surface area (Å²) in [7, 11) is 0. The Bertz CT molecular complexity index is 684. The smallest absolute Gasteiger partial charge is 0.257 e. The molecule has 7 heteroatoms. The summed E-state index contributed by atoms with van der Waals surface area (Å²) in [4.78, 5) is 9.00. The third-order valence-corrected chi connectivity index (χ3v) is 4.76. The van der Waals surface area contributed by atoms with Gasteiger partial charge in [0.2, 0.25) is 0 Å². The molecule has 1 aromatic heterocycles. The molecule has 2 aromatic rings. The van der Waals surface area contributed by atoms with Gasteiger partial charge >= 0.3 is 0 Å². The molecule has 2 rings (SSSR count). The van der Waals surface area contributed by atoms with Gasteiger partial charge in [0.15, 0.2) is 11.8 Å². The van der Waals surface area contributed by atoms with E-state index in [9.17, 15) is 0 Å². The molecule has 0 aliphatic heterocycles. The van der Waals surface area contributed by atoms with Crippen molar-refractivity contribution in [2.75, 3.05) is 31.6 Å². The number of aromatic nitrogens is 2. The van der Waals surface area contributed by atoms with Gasteiger partial charge < -0.3 is 15.2 Å². The van der Waals surface area contributed by atoms with Gasteiger partial charge in [-0.15, -0.1) is 0 Å². The molecule has 0 saturated heterocycles. The fraction of sp³-hybridized carbons (Fsp3) is 0.550. The van der Waals surface area contributed by atoms with Gasteiger partial charge in [0.25, 0.3) is 5.89 Å². The fourth-order valence-corrected chi connectivity index (χ4v) is 3.04. The van der Waals surface area contributed by atoms with Gasteiger partial charge in [-0.25, -0.2) is 0 Å². The van der Waals surface area contributed by atoms with Gasteiger partial charge in [0, 0.05) is 31.6 Å². The van der Waals surface area contributed by atoms with Crippen molar-refractivity contribution in [3.63, 3.8) is 0 Å². The Hall–Kier alpha value is -2.02. The Morgan fingerprint density at radius 3 is 2.63 bits per heavy atom. The molecule has 0 fully saturated rings. The van der Waals surface area contributed by atoms with Crippen molar-refractivity contribution in [2.45, 2.75) is 39.5 Å². The number of benzene rings is 1. The number of nitrogens with zero attached hydrogens (tertiary/aromatic N) is 3. The highest BCUT2D eigenvalue weighted by Gasteiger charge is 2.07. The number of aryl methyl sites for hydroxylation is 1. The van der Waals surface area contributed by atoms with E-state index in [4.69, 9.17) is 4.52 Å². The lowest BCUT2D eigenvalue weighted by Gasteiger charge is -2.11. The molecule has 1 heterocycles. The molecular formula is C20H31N5OS. The SMILES string of the molecule is CCNC(=NCCCCSC)NCCc1ccc(-c2nc(CC)no2)cc1. The van der Waals surface area contributed by atoms with Gasteiger partial charge in [-0.3, -0.25) is 4.99 Å². The number of unbranched alkanes of at least 4 members (excludes halogenated alkanes) is 1. The highest BCUT2D eigenvalue weighted by molar-refractivity contribution is 7.98. The zero-order valence-electron chi connectivity index (χ0n) is 16.6. The largest absolute Gasteiger partial charge is 0.357 e. The van der Waals surface area contributed by atoms with Crippen molar-refractivity contribution < 1.29 is 4.52 Å². The molecule has 27 heavy (non-hydrogen) atoms. The molecule has 2 N–H and O–H groups in total. The minimum absolute atomic E-state index is 0.583. The fourth-order valence-electron chi connectivity index (χ4n) is 2.54. The molecule has 0 aliphatic rings. The predicted molar refractivity (Wildman–Crippen MR) is 114 cm³/mol. The lowest BCUT2D eigenvalue weighted by molar-refractivity contribution is 0.423. The van der Waals surface area contributed by atoms with Crippen molar-refractivity contribution in [3.8, 4) is 11.5 Å². The number of rotatable bonds is 11. The summed E-state index contributed by atoms with van der Waals surface area (Å²) < 4.78 is 5.28. The van der Waals surface area contributed by atoms with Crippen LogP contribution >= 0.6 is 11.8 Å². The Kier molecular flexibility index (Phi) is 9.76. The molecule has 0 bridgehead atoms. The van der Waals surface area contributed by atoms with Crippen molar-refractivity contribution in [2.24, 2.45) is 4.99 Å².